The van der Waals surface area contributed by atoms with E-state index in [4.69, 9.17) is 0 Å². The SMILES string of the molecule is CCCCC(=O)Nn1cc(Br)c(=O)[nH]c1=O. The Balaban J connectivity index is 2.82. The van der Waals surface area contributed by atoms with Crippen molar-refractivity contribution in [2.45, 2.75) is 26.2 Å². The van der Waals surface area contributed by atoms with Crippen LogP contribution in [0.15, 0.2) is 20.3 Å². The largest absolute Gasteiger partial charge is 0.347 e. The predicted molar refractivity (Wildman–Crippen MR) is 62.9 cm³/mol. The van der Waals surface area contributed by atoms with Gasteiger partial charge in [-0.25, -0.2) is 9.47 Å². The van der Waals surface area contributed by atoms with Crippen molar-refractivity contribution in [3.63, 3.8) is 0 Å². The fourth-order valence-electron chi connectivity index (χ4n) is 1.06. The Hall–Kier alpha value is -1.37. The van der Waals surface area contributed by atoms with Crippen LogP contribution >= 0.6 is 15.9 Å². The van der Waals surface area contributed by atoms with Crippen LogP contribution in [-0.4, -0.2) is 15.6 Å². The van der Waals surface area contributed by atoms with Crippen LogP contribution in [-0.2, 0) is 4.79 Å². The second-order valence-electron chi connectivity index (χ2n) is 3.24. The summed E-state index contributed by atoms with van der Waals surface area (Å²) in [4.78, 5) is 35.7. The summed E-state index contributed by atoms with van der Waals surface area (Å²) in [5.74, 6) is -0.261. The molecule has 1 rings (SSSR count). The van der Waals surface area contributed by atoms with Crippen LogP contribution in [0, 0.1) is 0 Å². The van der Waals surface area contributed by atoms with Crippen LogP contribution in [0.4, 0.5) is 0 Å². The quantitative estimate of drug-likeness (QED) is 0.849. The third-order valence-corrected chi connectivity index (χ3v) is 2.47. The Kier molecular flexibility index (Phi) is 4.48. The number of halogens is 1. The molecule has 16 heavy (non-hydrogen) atoms. The van der Waals surface area contributed by atoms with Crippen LogP contribution in [0.1, 0.15) is 26.2 Å². The molecule has 0 saturated carbocycles. The fraction of sp³-hybridized carbons (Fsp3) is 0.444. The van der Waals surface area contributed by atoms with E-state index in [1.165, 1.54) is 6.20 Å². The second kappa shape index (κ2) is 5.64. The molecule has 0 aliphatic heterocycles. The van der Waals surface area contributed by atoms with Gasteiger partial charge in [0.2, 0.25) is 5.91 Å². The molecule has 0 unspecified atom stereocenters. The van der Waals surface area contributed by atoms with E-state index in [0.717, 1.165) is 17.5 Å². The third-order valence-electron chi connectivity index (χ3n) is 1.90. The first kappa shape index (κ1) is 12.7. The van der Waals surface area contributed by atoms with E-state index in [1.54, 1.807) is 0 Å². The molecule has 0 fully saturated rings. The number of carbonyl (C=O) groups excluding carboxylic acids is 1. The Labute approximate surface area is 99.8 Å². The normalized spacial score (nSPS) is 10.1. The minimum absolute atomic E-state index is 0.183. The van der Waals surface area contributed by atoms with Gasteiger partial charge < -0.3 is 0 Å². The van der Waals surface area contributed by atoms with E-state index in [1.807, 2.05) is 6.92 Å². The highest BCUT2D eigenvalue weighted by Crippen LogP contribution is 1.97. The van der Waals surface area contributed by atoms with E-state index in [-0.39, 0.29) is 10.4 Å². The third kappa shape index (κ3) is 3.34. The molecule has 0 bridgehead atoms. The molecule has 0 atom stereocenters. The molecular weight excluding hydrogens is 278 g/mol. The van der Waals surface area contributed by atoms with Gasteiger partial charge in [-0.05, 0) is 22.4 Å². The molecule has 0 radical (unpaired) electrons. The lowest BCUT2D eigenvalue weighted by molar-refractivity contribution is -0.117. The first-order valence-corrected chi connectivity index (χ1v) is 5.65. The Morgan fingerprint density at radius 3 is 2.88 bits per heavy atom. The van der Waals surface area contributed by atoms with Gasteiger partial charge in [0.05, 0.1) is 6.20 Å². The zero-order chi connectivity index (χ0) is 12.1. The molecule has 6 nitrogen and oxygen atoms in total. The lowest BCUT2D eigenvalue weighted by atomic mass is 10.2. The Morgan fingerprint density at radius 2 is 2.25 bits per heavy atom. The maximum atomic E-state index is 11.3. The van der Waals surface area contributed by atoms with Crippen molar-refractivity contribution in [3.8, 4) is 0 Å². The van der Waals surface area contributed by atoms with Crippen molar-refractivity contribution < 1.29 is 4.79 Å². The summed E-state index contributed by atoms with van der Waals surface area (Å²) in [5, 5.41) is 0. The standard InChI is InChI=1S/C9H12BrN3O3/c1-2-3-4-7(14)12-13-5-6(10)8(15)11-9(13)16/h5H,2-4H2,1H3,(H,12,14)(H,11,15,16). The molecule has 0 aliphatic rings. The number of amides is 1. The number of hydrogen-bond acceptors (Lipinski definition) is 3. The number of unbranched alkanes of at least 4 members (excludes halogenated alkanes) is 1. The summed E-state index contributed by atoms with van der Waals surface area (Å²) in [6, 6.07) is 0. The van der Waals surface area contributed by atoms with Crippen LogP contribution < -0.4 is 16.7 Å². The molecular formula is C9H12BrN3O3. The van der Waals surface area contributed by atoms with Crippen LogP contribution in [0.3, 0.4) is 0 Å². The molecule has 2 N–H and O–H groups in total. The van der Waals surface area contributed by atoms with Gasteiger partial charge in [-0.3, -0.25) is 20.0 Å². The van der Waals surface area contributed by atoms with Gasteiger partial charge in [0.25, 0.3) is 5.56 Å². The smallest absolute Gasteiger partial charge is 0.273 e. The molecule has 1 heterocycles. The number of aromatic amines is 1. The molecule has 88 valence electrons. The molecule has 1 aromatic heterocycles. The zero-order valence-corrected chi connectivity index (χ0v) is 10.3. The highest BCUT2D eigenvalue weighted by atomic mass is 79.9. The number of hydrogen-bond donors (Lipinski definition) is 2. The average molecular weight is 290 g/mol. The summed E-state index contributed by atoms with van der Waals surface area (Å²) in [5.41, 5.74) is 1.19. The van der Waals surface area contributed by atoms with Crippen LogP contribution in [0.25, 0.3) is 0 Å². The average Bonchev–Trinajstić information content (AvgIpc) is 2.23. The monoisotopic (exact) mass is 289 g/mol. The minimum atomic E-state index is -0.668. The van der Waals surface area contributed by atoms with Crippen molar-refractivity contribution >= 4 is 21.8 Å². The van der Waals surface area contributed by atoms with E-state index in [2.05, 4.69) is 26.3 Å². The number of aromatic nitrogens is 2. The van der Waals surface area contributed by atoms with E-state index >= 15 is 0 Å². The van der Waals surface area contributed by atoms with Gasteiger partial charge in [-0.2, -0.15) is 0 Å². The minimum Gasteiger partial charge on any atom is -0.273 e. The highest BCUT2D eigenvalue weighted by molar-refractivity contribution is 9.10. The van der Waals surface area contributed by atoms with Crippen LogP contribution in [0.2, 0.25) is 0 Å². The highest BCUT2D eigenvalue weighted by Gasteiger charge is 2.05. The predicted octanol–water partition coefficient (Wildman–Crippen LogP) is 0.559. The summed E-state index contributed by atoms with van der Waals surface area (Å²) in [6.07, 6.45) is 3.23. The van der Waals surface area contributed by atoms with Gasteiger partial charge in [0.1, 0.15) is 4.47 Å². The van der Waals surface area contributed by atoms with Gasteiger partial charge in [0.15, 0.2) is 0 Å². The molecule has 1 aromatic rings. The number of H-pyrrole nitrogens is 1. The molecule has 1 amide bonds. The van der Waals surface area contributed by atoms with Crippen molar-refractivity contribution in [3.05, 3.63) is 31.5 Å². The van der Waals surface area contributed by atoms with Crippen molar-refractivity contribution in [1.29, 1.82) is 0 Å². The maximum Gasteiger partial charge on any atom is 0.347 e. The van der Waals surface area contributed by atoms with E-state index in [9.17, 15) is 14.4 Å². The Bertz CT molecular complexity index is 492. The Morgan fingerprint density at radius 1 is 1.56 bits per heavy atom. The van der Waals surface area contributed by atoms with Crippen molar-refractivity contribution in [1.82, 2.24) is 9.66 Å². The van der Waals surface area contributed by atoms with Crippen molar-refractivity contribution in [2.75, 3.05) is 5.43 Å². The molecule has 0 aliphatic carbocycles. The number of nitrogens with one attached hydrogen (secondary N) is 2. The molecule has 0 spiro atoms. The van der Waals surface area contributed by atoms with Crippen LogP contribution in [0.5, 0.6) is 0 Å². The number of carbonyl (C=O) groups is 1. The lowest BCUT2D eigenvalue weighted by Crippen LogP contribution is -2.37. The number of rotatable bonds is 4. The van der Waals surface area contributed by atoms with Gasteiger partial charge in [0, 0.05) is 6.42 Å². The summed E-state index contributed by atoms with van der Waals surface area (Å²) in [7, 11) is 0. The maximum absolute atomic E-state index is 11.3. The number of nitrogens with zero attached hydrogens (tertiary/aromatic N) is 1. The van der Waals surface area contributed by atoms with Gasteiger partial charge >= 0.3 is 5.69 Å². The first-order valence-electron chi connectivity index (χ1n) is 4.86. The van der Waals surface area contributed by atoms with E-state index in [0.29, 0.717) is 6.42 Å². The molecule has 0 aromatic carbocycles. The first-order chi connectivity index (χ1) is 7.54. The van der Waals surface area contributed by atoms with E-state index < -0.39 is 11.2 Å². The molecule has 0 saturated heterocycles. The van der Waals surface area contributed by atoms with Gasteiger partial charge in [-0.1, -0.05) is 13.3 Å². The fourth-order valence-corrected chi connectivity index (χ4v) is 1.36. The second-order valence-corrected chi connectivity index (χ2v) is 4.10. The zero-order valence-electron chi connectivity index (χ0n) is 8.75. The molecule has 7 heteroatoms. The summed E-state index contributed by atoms with van der Waals surface area (Å²) >= 11 is 2.97. The lowest BCUT2D eigenvalue weighted by Gasteiger charge is -2.06. The summed E-state index contributed by atoms with van der Waals surface area (Å²) < 4.78 is 1.13. The van der Waals surface area contributed by atoms with Gasteiger partial charge in [-0.15, -0.1) is 0 Å². The van der Waals surface area contributed by atoms with Crippen molar-refractivity contribution in [2.24, 2.45) is 0 Å². The summed E-state index contributed by atoms with van der Waals surface area (Å²) in [6.45, 7) is 1.97. The topological polar surface area (TPSA) is 84.0 Å².